The molecular weight excluding hydrogens is 248 g/mol. The molecule has 0 rings (SSSR count). The smallest absolute Gasteiger partial charge is 0.450 e. The Balaban J connectivity index is -0.000000233. The summed E-state index contributed by atoms with van der Waals surface area (Å²) >= 11 is 0. The summed E-state index contributed by atoms with van der Waals surface area (Å²) in [5.41, 5.74) is -0.886. The van der Waals surface area contributed by atoms with Gasteiger partial charge in [0.05, 0.1) is 0 Å². The number of carboxylic acid groups (broad SMARTS) is 4. The molecule has 0 aromatic rings. The summed E-state index contributed by atoms with van der Waals surface area (Å²) in [6, 6.07) is 0. The molecule has 0 bridgehead atoms. The summed E-state index contributed by atoms with van der Waals surface area (Å²) < 4.78 is 0. The molecule has 0 saturated heterocycles. The number of rotatable bonds is 2. The van der Waals surface area contributed by atoms with Crippen LogP contribution >= 0.6 is 0 Å². The van der Waals surface area contributed by atoms with E-state index >= 15 is 0 Å². The molecule has 6 N–H and O–H groups in total. The predicted octanol–water partition coefficient (Wildman–Crippen LogP) is 0.978. The standard InChI is InChI=1S/C8H14O2.2CH2O3/c1-3-8(10,4-2)6-5-7-9;2*2-1(3)4/h9-10H,3-4,7H2,1-2H3;2*(H2,2,3,4). The fourth-order valence-electron chi connectivity index (χ4n) is 0.631. The van der Waals surface area contributed by atoms with Crippen LogP contribution < -0.4 is 0 Å². The topological polar surface area (TPSA) is 156 Å². The van der Waals surface area contributed by atoms with Crippen molar-refractivity contribution in [2.45, 2.75) is 32.3 Å². The molecule has 0 aromatic heterocycles. The monoisotopic (exact) mass is 266 g/mol. The van der Waals surface area contributed by atoms with E-state index in [2.05, 4.69) is 11.8 Å². The fraction of sp³-hybridized carbons (Fsp3) is 0.600. The molecule has 0 aliphatic carbocycles. The summed E-state index contributed by atoms with van der Waals surface area (Å²) in [7, 11) is 0. The summed E-state index contributed by atoms with van der Waals surface area (Å²) in [6.07, 6.45) is -2.45. The van der Waals surface area contributed by atoms with E-state index < -0.39 is 17.9 Å². The quantitative estimate of drug-likeness (QED) is 0.404. The Bertz CT molecular complexity index is 264. The Morgan fingerprint density at radius 2 is 1.28 bits per heavy atom. The van der Waals surface area contributed by atoms with E-state index in [0.717, 1.165) is 0 Å². The molecule has 0 unspecified atom stereocenters. The molecule has 0 saturated carbocycles. The predicted molar refractivity (Wildman–Crippen MR) is 61.7 cm³/mol. The number of aliphatic hydroxyl groups is 2. The molecule has 0 heterocycles. The van der Waals surface area contributed by atoms with Gasteiger partial charge in [0, 0.05) is 0 Å². The van der Waals surface area contributed by atoms with Gasteiger partial charge < -0.3 is 30.6 Å². The summed E-state index contributed by atoms with van der Waals surface area (Å²) in [5, 5.41) is 45.7. The first-order valence-electron chi connectivity index (χ1n) is 4.82. The molecule has 18 heavy (non-hydrogen) atoms. The van der Waals surface area contributed by atoms with Crippen molar-refractivity contribution < 1.29 is 40.2 Å². The maximum Gasteiger partial charge on any atom is 0.503 e. The molecule has 0 aromatic carbocycles. The average molecular weight is 266 g/mol. The van der Waals surface area contributed by atoms with E-state index in [1.54, 1.807) is 0 Å². The lowest BCUT2D eigenvalue weighted by Gasteiger charge is -2.16. The van der Waals surface area contributed by atoms with Crippen LogP contribution in [0.4, 0.5) is 9.59 Å². The Labute approximate surface area is 104 Å². The highest BCUT2D eigenvalue weighted by atomic mass is 16.6. The van der Waals surface area contributed by atoms with Gasteiger partial charge in [-0.1, -0.05) is 25.7 Å². The van der Waals surface area contributed by atoms with Crippen molar-refractivity contribution in [1.82, 2.24) is 0 Å². The van der Waals surface area contributed by atoms with Crippen LogP contribution in [0.15, 0.2) is 0 Å². The van der Waals surface area contributed by atoms with E-state index in [0.29, 0.717) is 12.8 Å². The highest BCUT2D eigenvalue weighted by Gasteiger charge is 2.17. The first-order chi connectivity index (χ1) is 8.15. The first-order valence-corrected chi connectivity index (χ1v) is 4.82. The minimum atomic E-state index is -1.83. The fourth-order valence-corrected chi connectivity index (χ4v) is 0.631. The molecule has 0 atom stereocenters. The molecule has 0 aliphatic heterocycles. The minimum Gasteiger partial charge on any atom is -0.450 e. The zero-order valence-corrected chi connectivity index (χ0v) is 10.1. The Morgan fingerprint density at radius 1 is 1.00 bits per heavy atom. The van der Waals surface area contributed by atoms with Crippen LogP contribution in [-0.4, -0.2) is 55.2 Å². The van der Waals surface area contributed by atoms with Crippen LogP contribution in [0, 0.1) is 11.8 Å². The van der Waals surface area contributed by atoms with Crippen molar-refractivity contribution >= 4 is 12.3 Å². The molecule has 0 aliphatic rings. The Hall–Kier alpha value is -1.98. The van der Waals surface area contributed by atoms with Crippen LogP contribution in [-0.2, 0) is 0 Å². The van der Waals surface area contributed by atoms with Crippen molar-refractivity contribution in [3.63, 3.8) is 0 Å². The summed E-state index contributed by atoms with van der Waals surface area (Å²) in [6.45, 7) is 3.56. The lowest BCUT2D eigenvalue weighted by molar-refractivity contribution is 0.0928. The zero-order valence-electron chi connectivity index (χ0n) is 10.1. The van der Waals surface area contributed by atoms with E-state index in [-0.39, 0.29) is 6.61 Å². The van der Waals surface area contributed by atoms with E-state index in [9.17, 15) is 5.11 Å². The Morgan fingerprint density at radius 3 is 1.44 bits per heavy atom. The number of hydrogen-bond acceptors (Lipinski definition) is 4. The third kappa shape index (κ3) is 29.2. The van der Waals surface area contributed by atoms with Crippen molar-refractivity contribution in [3.8, 4) is 11.8 Å². The Kier molecular flexibility index (Phi) is 15.5. The molecular formula is C10H18O8. The van der Waals surface area contributed by atoms with Gasteiger partial charge in [0.1, 0.15) is 12.2 Å². The molecule has 0 radical (unpaired) electrons. The normalized spacial score (nSPS) is 8.44. The molecule has 0 spiro atoms. The molecule has 0 fully saturated rings. The average Bonchev–Trinajstić information content (AvgIpc) is 2.24. The van der Waals surface area contributed by atoms with Crippen LogP contribution in [0.1, 0.15) is 26.7 Å². The first kappa shape index (κ1) is 21.3. The van der Waals surface area contributed by atoms with Crippen molar-refractivity contribution in [2.24, 2.45) is 0 Å². The summed E-state index contributed by atoms with van der Waals surface area (Å²) in [4.78, 5) is 17.1. The second-order valence-electron chi connectivity index (χ2n) is 2.76. The van der Waals surface area contributed by atoms with Gasteiger partial charge in [-0.2, -0.15) is 0 Å². The van der Waals surface area contributed by atoms with Gasteiger partial charge in [-0.05, 0) is 12.8 Å². The van der Waals surface area contributed by atoms with Gasteiger partial charge in [0.15, 0.2) is 0 Å². The maximum atomic E-state index is 9.48. The van der Waals surface area contributed by atoms with E-state index in [1.807, 2.05) is 13.8 Å². The number of hydrogen-bond donors (Lipinski definition) is 6. The van der Waals surface area contributed by atoms with Gasteiger partial charge in [0.25, 0.3) is 0 Å². The maximum absolute atomic E-state index is 9.48. The zero-order chi connectivity index (χ0) is 15.2. The van der Waals surface area contributed by atoms with E-state index in [1.165, 1.54) is 0 Å². The van der Waals surface area contributed by atoms with Crippen LogP contribution in [0.3, 0.4) is 0 Å². The molecule has 106 valence electrons. The number of aliphatic hydroxyl groups excluding tert-OH is 1. The van der Waals surface area contributed by atoms with Crippen molar-refractivity contribution in [3.05, 3.63) is 0 Å². The molecule has 8 heteroatoms. The van der Waals surface area contributed by atoms with Gasteiger partial charge >= 0.3 is 12.3 Å². The molecule has 0 amide bonds. The van der Waals surface area contributed by atoms with Gasteiger partial charge in [-0.3, -0.25) is 0 Å². The highest BCUT2D eigenvalue weighted by Crippen LogP contribution is 2.11. The third-order valence-electron chi connectivity index (χ3n) is 1.57. The van der Waals surface area contributed by atoms with Crippen molar-refractivity contribution in [2.75, 3.05) is 6.61 Å². The molecule has 8 nitrogen and oxygen atoms in total. The van der Waals surface area contributed by atoms with Crippen LogP contribution in [0.2, 0.25) is 0 Å². The second-order valence-corrected chi connectivity index (χ2v) is 2.76. The third-order valence-corrected chi connectivity index (χ3v) is 1.57. The van der Waals surface area contributed by atoms with Crippen LogP contribution in [0.5, 0.6) is 0 Å². The van der Waals surface area contributed by atoms with E-state index in [4.69, 9.17) is 35.1 Å². The van der Waals surface area contributed by atoms with Crippen LogP contribution in [0.25, 0.3) is 0 Å². The SMILES string of the molecule is CCC(O)(C#CCO)CC.O=C(O)O.O=C(O)O. The largest absolute Gasteiger partial charge is 0.503 e. The van der Waals surface area contributed by atoms with Gasteiger partial charge in [-0.25, -0.2) is 9.59 Å². The lowest BCUT2D eigenvalue weighted by Crippen LogP contribution is -2.23. The van der Waals surface area contributed by atoms with Gasteiger partial charge in [0.2, 0.25) is 0 Å². The lowest BCUT2D eigenvalue weighted by atomic mass is 9.99. The minimum absolute atomic E-state index is 0.178. The van der Waals surface area contributed by atoms with Crippen molar-refractivity contribution in [1.29, 1.82) is 0 Å². The second kappa shape index (κ2) is 13.1. The summed E-state index contributed by atoms with van der Waals surface area (Å²) in [5.74, 6) is 5.05. The number of carbonyl (C=O) groups is 2. The van der Waals surface area contributed by atoms with Gasteiger partial charge in [-0.15, -0.1) is 0 Å². The highest BCUT2D eigenvalue weighted by molar-refractivity contribution is 5.53.